The van der Waals surface area contributed by atoms with E-state index in [0.717, 1.165) is 19.3 Å². The number of aliphatic hydroxyl groups excluding tert-OH is 1. The third-order valence-electron chi connectivity index (χ3n) is 3.36. The number of hydrogen-bond donors (Lipinski definition) is 1. The van der Waals surface area contributed by atoms with Gasteiger partial charge in [-0.3, -0.25) is 0 Å². The summed E-state index contributed by atoms with van der Waals surface area (Å²) in [6, 6.07) is 10.3. The quantitative estimate of drug-likeness (QED) is 0.760. The second-order valence-electron chi connectivity index (χ2n) is 5.53. The Morgan fingerprint density at radius 3 is 2.62 bits per heavy atom. The Morgan fingerprint density at radius 2 is 1.94 bits per heavy atom. The van der Waals surface area contributed by atoms with Crippen molar-refractivity contribution in [2.75, 3.05) is 0 Å². The topological polar surface area (TPSA) is 20.2 Å². The fourth-order valence-corrected chi connectivity index (χ4v) is 2.38. The highest BCUT2D eigenvalue weighted by Gasteiger charge is 2.29. The Kier molecular flexibility index (Phi) is 3.15. The second kappa shape index (κ2) is 4.42. The lowest BCUT2D eigenvalue weighted by atomic mass is 9.73. The van der Waals surface area contributed by atoms with Crippen molar-refractivity contribution < 1.29 is 5.11 Å². The van der Waals surface area contributed by atoms with E-state index in [1.165, 1.54) is 11.1 Å². The van der Waals surface area contributed by atoms with Gasteiger partial charge in [-0.05, 0) is 35.8 Å². The van der Waals surface area contributed by atoms with E-state index in [0.29, 0.717) is 5.41 Å². The molecule has 1 heteroatoms. The van der Waals surface area contributed by atoms with Crippen molar-refractivity contribution in [3.05, 3.63) is 41.5 Å². The minimum atomic E-state index is -0.242. The van der Waals surface area contributed by atoms with Crippen LogP contribution in [0.5, 0.6) is 0 Å². The predicted octanol–water partition coefficient (Wildman–Crippen LogP) is 3.64. The summed E-state index contributed by atoms with van der Waals surface area (Å²) in [4.78, 5) is 0. The molecule has 1 aliphatic rings. The third kappa shape index (κ3) is 2.73. The highest BCUT2D eigenvalue weighted by molar-refractivity contribution is 5.54. The zero-order valence-corrected chi connectivity index (χ0v) is 10.1. The molecule has 0 aromatic heterocycles. The first-order valence-electron chi connectivity index (χ1n) is 6.00. The van der Waals surface area contributed by atoms with Gasteiger partial charge in [0, 0.05) is 0 Å². The number of rotatable bonds is 1. The average molecular weight is 216 g/mol. The van der Waals surface area contributed by atoms with Crippen molar-refractivity contribution in [3.63, 3.8) is 0 Å². The maximum absolute atomic E-state index is 9.99. The molecule has 0 bridgehead atoms. The van der Waals surface area contributed by atoms with Gasteiger partial charge < -0.3 is 5.11 Å². The maximum atomic E-state index is 9.99. The van der Waals surface area contributed by atoms with Gasteiger partial charge in [0.25, 0.3) is 0 Å². The molecule has 1 fully saturated rings. The predicted molar refractivity (Wildman–Crippen MR) is 68.1 cm³/mol. The molecule has 1 saturated carbocycles. The van der Waals surface area contributed by atoms with Gasteiger partial charge >= 0.3 is 0 Å². The highest BCUT2D eigenvalue weighted by Crippen LogP contribution is 2.39. The molecule has 0 spiro atoms. The van der Waals surface area contributed by atoms with Gasteiger partial charge in [-0.1, -0.05) is 50.3 Å². The van der Waals surface area contributed by atoms with Crippen molar-refractivity contribution in [1.82, 2.24) is 0 Å². The Balaban J connectivity index is 2.22. The minimum Gasteiger partial charge on any atom is -0.389 e. The molecule has 1 N–H and O–H groups in total. The lowest BCUT2D eigenvalue weighted by molar-refractivity contribution is 0.132. The molecule has 1 atom stereocenters. The van der Waals surface area contributed by atoms with Gasteiger partial charge in [0.1, 0.15) is 0 Å². The van der Waals surface area contributed by atoms with E-state index in [9.17, 15) is 5.11 Å². The Morgan fingerprint density at radius 1 is 1.25 bits per heavy atom. The van der Waals surface area contributed by atoms with Gasteiger partial charge in [0.15, 0.2) is 0 Å². The Hall–Kier alpha value is -1.08. The molecule has 0 amide bonds. The van der Waals surface area contributed by atoms with Crippen LogP contribution in [0.4, 0.5) is 0 Å². The molecule has 1 nitrogen and oxygen atoms in total. The van der Waals surface area contributed by atoms with E-state index in [4.69, 9.17) is 0 Å². The van der Waals surface area contributed by atoms with Crippen LogP contribution in [0.25, 0.3) is 6.08 Å². The standard InChI is InChI=1S/C15H20O/c1-15(2)9-8-14(16)13(11-15)10-12-6-4-3-5-7-12/h3-7,10,14,16H,8-9,11H2,1-2H3/b13-10+. The van der Waals surface area contributed by atoms with Crippen LogP contribution in [-0.4, -0.2) is 11.2 Å². The molecule has 1 aromatic carbocycles. The molecule has 86 valence electrons. The highest BCUT2D eigenvalue weighted by atomic mass is 16.3. The van der Waals surface area contributed by atoms with Crippen molar-refractivity contribution in [2.24, 2.45) is 5.41 Å². The van der Waals surface area contributed by atoms with Crippen molar-refractivity contribution in [2.45, 2.75) is 39.2 Å². The molecule has 0 saturated heterocycles. The second-order valence-corrected chi connectivity index (χ2v) is 5.53. The van der Waals surface area contributed by atoms with Crippen LogP contribution in [0.2, 0.25) is 0 Å². The van der Waals surface area contributed by atoms with Crippen LogP contribution in [0.3, 0.4) is 0 Å². The van der Waals surface area contributed by atoms with Gasteiger partial charge in [-0.15, -0.1) is 0 Å². The summed E-state index contributed by atoms with van der Waals surface area (Å²) in [5.41, 5.74) is 2.71. The van der Waals surface area contributed by atoms with Crippen LogP contribution < -0.4 is 0 Å². The SMILES string of the molecule is CC1(C)CCC(O)/C(=C/c2ccccc2)C1. The zero-order chi connectivity index (χ0) is 11.6. The molecule has 1 unspecified atom stereocenters. The summed E-state index contributed by atoms with van der Waals surface area (Å²) >= 11 is 0. The molecule has 0 radical (unpaired) electrons. The Bertz CT molecular complexity index is 376. The van der Waals surface area contributed by atoms with Crippen LogP contribution in [0.1, 0.15) is 38.7 Å². The van der Waals surface area contributed by atoms with Crippen LogP contribution in [0.15, 0.2) is 35.9 Å². The minimum absolute atomic E-state index is 0.242. The lowest BCUT2D eigenvalue weighted by Gasteiger charge is -2.34. The van der Waals surface area contributed by atoms with E-state index in [2.05, 4.69) is 32.1 Å². The lowest BCUT2D eigenvalue weighted by Crippen LogP contribution is -2.26. The first-order valence-corrected chi connectivity index (χ1v) is 6.00. The summed E-state index contributed by atoms with van der Waals surface area (Å²) < 4.78 is 0. The summed E-state index contributed by atoms with van der Waals surface area (Å²) in [6.07, 6.45) is 4.91. The number of aliphatic hydroxyl groups is 1. The molecular formula is C15H20O. The van der Waals surface area contributed by atoms with E-state index >= 15 is 0 Å². The summed E-state index contributed by atoms with van der Waals surface area (Å²) in [6.45, 7) is 4.55. The van der Waals surface area contributed by atoms with E-state index in [1.807, 2.05) is 18.2 Å². The number of benzene rings is 1. The maximum Gasteiger partial charge on any atom is 0.0753 e. The molecular weight excluding hydrogens is 196 g/mol. The molecule has 0 aliphatic heterocycles. The fraction of sp³-hybridized carbons (Fsp3) is 0.467. The van der Waals surface area contributed by atoms with Gasteiger partial charge in [0.2, 0.25) is 0 Å². The van der Waals surface area contributed by atoms with Crippen molar-refractivity contribution in [3.8, 4) is 0 Å². The number of hydrogen-bond acceptors (Lipinski definition) is 1. The summed E-state index contributed by atoms with van der Waals surface area (Å²) in [7, 11) is 0. The monoisotopic (exact) mass is 216 g/mol. The van der Waals surface area contributed by atoms with Gasteiger partial charge in [-0.25, -0.2) is 0 Å². The van der Waals surface area contributed by atoms with Crippen LogP contribution in [-0.2, 0) is 0 Å². The molecule has 1 aliphatic carbocycles. The zero-order valence-electron chi connectivity index (χ0n) is 10.1. The van der Waals surface area contributed by atoms with E-state index < -0.39 is 0 Å². The fourth-order valence-electron chi connectivity index (χ4n) is 2.38. The summed E-state index contributed by atoms with van der Waals surface area (Å²) in [5.74, 6) is 0. The molecule has 16 heavy (non-hydrogen) atoms. The average Bonchev–Trinajstić information content (AvgIpc) is 2.25. The first kappa shape index (κ1) is 11.4. The third-order valence-corrected chi connectivity index (χ3v) is 3.36. The smallest absolute Gasteiger partial charge is 0.0753 e. The molecule has 2 rings (SSSR count). The summed E-state index contributed by atoms with van der Waals surface area (Å²) in [5, 5.41) is 9.99. The Labute approximate surface area is 97.8 Å². The van der Waals surface area contributed by atoms with E-state index in [1.54, 1.807) is 0 Å². The first-order chi connectivity index (χ1) is 7.57. The van der Waals surface area contributed by atoms with E-state index in [-0.39, 0.29) is 6.10 Å². The van der Waals surface area contributed by atoms with Crippen LogP contribution in [0, 0.1) is 5.41 Å². The van der Waals surface area contributed by atoms with Gasteiger partial charge in [0.05, 0.1) is 6.10 Å². The molecule has 1 aromatic rings. The van der Waals surface area contributed by atoms with Gasteiger partial charge in [-0.2, -0.15) is 0 Å². The van der Waals surface area contributed by atoms with Crippen molar-refractivity contribution >= 4 is 6.08 Å². The molecule has 0 heterocycles. The normalized spacial score (nSPS) is 26.9. The largest absolute Gasteiger partial charge is 0.389 e. The van der Waals surface area contributed by atoms with Crippen LogP contribution >= 0.6 is 0 Å². The van der Waals surface area contributed by atoms with Crippen molar-refractivity contribution in [1.29, 1.82) is 0 Å².